The summed E-state index contributed by atoms with van der Waals surface area (Å²) in [5.74, 6) is 1.01. The van der Waals surface area contributed by atoms with Crippen molar-refractivity contribution in [2.24, 2.45) is 13.0 Å². The molecule has 1 aliphatic rings. The van der Waals surface area contributed by atoms with E-state index in [0.717, 1.165) is 5.69 Å². The van der Waals surface area contributed by atoms with Crippen LogP contribution in [0.3, 0.4) is 0 Å². The second-order valence-corrected chi connectivity index (χ2v) is 8.66. The molecule has 0 bridgehead atoms. The van der Waals surface area contributed by atoms with Crippen LogP contribution in [0, 0.1) is 26.7 Å². The normalized spacial score (nSPS) is 16.6. The third kappa shape index (κ3) is 4.06. The van der Waals surface area contributed by atoms with Crippen molar-refractivity contribution in [3.8, 4) is 0 Å². The van der Waals surface area contributed by atoms with E-state index in [1.54, 1.807) is 25.5 Å². The molecule has 1 fully saturated rings. The Bertz CT molecular complexity index is 900. The van der Waals surface area contributed by atoms with E-state index in [2.05, 4.69) is 9.97 Å². The van der Waals surface area contributed by atoms with Crippen molar-refractivity contribution in [3.63, 3.8) is 0 Å². The SMILES string of the molecule is Cc1nc(COC(=O)C2CCN(S(=O)(=O)c3cn(C)c(C)n3)CC2)oc1C. The van der Waals surface area contributed by atoms with Crippen LogP contribution < -0.4 is 0 Å². The summed E-state index contributed by atoms with van der Waals surface area (Å²) in [4.78, 5) is 20.5. The number of rotatable bonds is 5. The number of imidazole rings is 1. The zero-order valence-electron chi connectivity index (χ0n) is 15.9. The summed E-state index contributed by atoms with van der Waals surface area (Å²) in [7, 11) is -1.90. The van der Waals surface area contributed by atoms with Crippen LogP contribution >= 0.6 is 0 Å². The molecular formula is C17H24N4O5S. The lowest BCUT2D eigenvalue weighted by atomic mass is 9.98. The van der Waals surface area contributed by atoms with Crippen molar-refractivity contribution in [1.82, 2.24) is 18.8 Å². The zero-order valence-corrected chi connectivity index (χ0v) is 16.7. The molecule has 0 aliphatic carbocycles. The predicted octanol–water partition coefficient (Wildman–Crippen LogP) is 1.48. The first kappa shape index (κ1) is 19.6. The number of nitrogens with zero attached hydrogens (tertiary/aromatic N) is 4. The van der Waals surface area contributed by atoms with Gasteiger partial charge in [-0.2, -0.15) is 4.31 Å². The molecule has 0 amide bonds. The van der Waals surface area contributed by atoms with Gasteiger partial charge in [-0.1, -0.05) is 0 Å². The highest BCUT2D eigenvalue weighted by Gasteiger charge is 2.34. The van der Waals surface area contributed by atoms with Crippen LogP contribution in [0.4, 0.5) is 0 Å². The van der Waals surface area contributed by atoms with Crippen LogP contribution in [-0.2, 0) is 33.2 Å². The molecule has 0 spiro atoms. The van der Waals surface area contributed by atoms with Gasteiger partial charge in [0.1, 0.15) is 11.6 Å². The molecule has 3 heterocycles. The number of carbonyl (C=O) groups is 1. The summed E-state index contributed by atoms with van der Waals surface area (Å²) in [6, 6.07) is 0. The molecule has 1 aliphatic heterocycles. The Morgan fingerprint density at radius 1 is 1.26 bits per heavy atom. The number of piperidine rings is 1. The molecule has 0 N–H and O–H groups in total. The maximum absolute atomic E-state index is 12.7. The van der Waals surface area contributed by atoms with Gasteiger partial charge in [-0.3, -0.25) is 4.79 Å². The first-order valence-electron chi connectivity index (χ1n) is 8.78. The minimum Gasteiger partial charge on any atom is -0.455 e. The summed E-state index contributed by atoms with van der Waals surface area (Å²) in [6.45, 7) is 5.87. The van der Waals surface area contributed by atoms with Crippen molar-refractivity contribution in [2.75, 3.05) is 13.1 Å². The minimum absolute atomic E-state index is 0.0146. The Hall–Kier alpha value is -2.20. The van der Waals surface area contributed by atoms with E-state index in [1.165, 1.54) is 10.5 Å². The molecule has 9 nitrogen and oxygen atoms in total. The molecule has 0 atom stereocenters. The molecule has 0 aromatic carbocycles. The number of oxazole rings is 1. The molecule has 0 radical (unpaired) electrons. The number of sulfonamides is 1. The van der Waals surface area contributed by atoms with Crippen molar-refractivity contribution in [2.45, 2.75) is 45.2 Å². The van der Waals surface area contributed by atoms with Crippen molar-refractivity contribution in [1.29, 1.82) is 0 Å². The van der Waals surface area contributed by atoms with Gasteiger partial charge in [0.05, 0.1) is 11.6 Å². The third-order valence-corrected chi connectivity index (χ3v) is 6.66. The Labute approximate surface area is 158 Å². The van der Waals surface area contributed by atoms with E-state index >= 15 is 0 Å². The zero-order chi connectivity index (χ0) is 19.8. The van der Waals surface area contributed by atoms with E-state index in [4.69, 9.17) is 9.15 Å². The lowest BCUT2D eigenvalue weighted by Gasteiger charge is -2.29. The van der Waals surface area contributed by atoms with Gasteiger partial charge in [-0.25, -0.2) is 18.4 Å². The highest BCUT2D eigenvalue weighted by Crippen LogP contribution is 2.24. The van der Waals surface area contributed by atoms with Gasteiger partial charge < -0.3 is 13.7 Å². The van der Waals surface area contributed by atoms with Crippen LogP contribution in [0.1, 0.15) is 36.0 Å². The van der Waals surface area contributed by atoms with Gasteiger partial charge in [-0.05, 0) is 33.6 Å². The average molecular weight is 396 g/mol. The summed E-state index contributed by atoms with van der Waals surface area (Å²) >= 11 is 0. The summed E-state index contributed by atoms with van der Waals surface area (Å²) in [5, 5.41) is 0.0400. The van der Waals surface area contributed by atoms with Crippen LogP contribution in [0.2, 0.25) is 0 Å². The van der Waals surface area contributed by atoms with E-state index in [-0.39, 0.29) is 36.6 Å². The van der Waals surface area contributed by atoms with Crippen molar-refractivity contribution >= 4 is 16.0 Å². The molecule has 3 rings (SSSR count). The fourth-order valence-corrected chi connectivity index (χ4v) is 4.46. The minimum atomic E-state index is -3.65. The van der Waals surface area contributed by atoms with Gasteiger partial charge in [0, 0.05) is 26.3 Å². The van der Waals surface area contributed by atoms with Crippen molar-refractivity contribution in [3.05, 3.63) is 29.4 Å². The monoisotopic (exact) mass is 396 g/mol. The first-order valence-corrected chi connectivity index (χ1v) is 10.2. The second-order valence-electron chi connectivity index (χ2n) is 6.77. The number of aryl methyl sites for hydroxylation is 4. The van der Waals surface area contributed by atoms with Crippen molar-refractivity contribution < 1.29 is 22.4 Å². The van der Waals surface area contributed by atoms with Gasteiger partial charge in [-0.15, -0.1) is 0 Å². The maximum Gasteiger partial charge on any atom is 0.309 e. The molecular weight excluding hydrogens is 372 g/mol. The Morgan fingerprint density at radius 3 is 2.44 bits per heavy atom. The van der Waals surface area contributed by atoms with E-state index in [0.29, 0.717) is 30.3 Å². The number of esters is 1. The van der Waals surface area contributed by atoms with Crippen LogP contribution in [0.5, 0.6) is 0 Å². The molecule has 0 unspecified atom stereocenters. The fraction of sp³-hybridized carbons (Fsp3) is 0.588. The van der Waals surface area contributed by atoms with E-state index in [9.17, 15) is 13.2 Å². The molecule has 1 saturated heterocycles. The van der Waals surface area contributed by atoms with Crippen LogP contribution in [-0.4, -0.2) is 46.3 Å². The maximum atomic E-state index is 12.7. The number of aromatic nitrogens is 3. The highest BCUT2D eigenvalue weighted by atomic mass is 32.2. The Balaban J connectivity index is 1.55. The average Bonchev–Trinajstić information content (AvgIpc) is 3.15. The predicted molar refractivity (Wildman–Crippen MR) is 95.2 cm³/mol. The Kier molecular flexibility index (Phi) is 5.38. The van der Waals surface area contributed by atoms with Crippen LogP contribution in [0.15, 0.2) is 15.6 Å². The lowest BCUT2D eigenvalue weighted by molar-refractivity contribution is -0.151. The standard InChI is InChI=1S/C17H24N4O5S/c1-11-12(2)26-15(18-11)10-25-17(22)14-5-7-21(8-6-14)27(23,24)16-9-20(4)13(3)19-16/h9,14H,5-8,10H2,1-4H3. The van der Waals surface area contributed by atoms with Gasteiger partial charge >= 0.3 is 5.97 Å². The number of hydrogen-bond acceptors (Lipinski definition) is 7. The summed E-state index contributed by atoms with van der Waals surface area (Å²) in [5.41, 5.74) is 0.768. The number of ether oxygens (including phenoxy) is 1. The van der Waals surface area contributed by atoms with Gasteiger partial charge in [0.2, 0.25) is 5.89 Å². The smallest absolute Gasteiger partial charge is 0.309 e. The van der Waals surface area contributed by atoms with Gasteiger partial charge in [0.15, 0.2) is 11.6 Å². The van der Waals surface area contributed by atoms with Crippen LogP contribution in [0.25, 0.3) is 0 Å². The fourth-order valence-electron chi connectivity index (χ4n) is 2.97. The lowest BCUT2D eigenvalue weighted by Crippen LogP contribution is -2.40. The first-order chi connectivity index (χ1) is 12.7. The highest BCUT2D eigenvalue weighted by molar-refractivity contribution is 7.89. The largest absolute Gasteiger partial charge is 0.455 e. The van der Waals surface area contributed by atoms with Gasteiger partial charge in [0.25, 0.3) is 10.0 Å². The molecule has 2 aromatic rings. The van der Waals surface area contributed by atoms with E-state index < -0.39 is 10.0 Å². The quantitative estimate of drug-likeness (QED) is 0.704. The topological polar surface area (TPSA) is 108 Å². The Morgan fingerprint density at radius 2 is 1.93 bits per heavy atom. The summed E-state index contributed by atoms with van der Waals surface area (Å²) < 4.78 is 39.1. The molecule has 27 heavy (non-hydrogen) atoms. The third-order valence-electron chi connectivity index (χ3n) is 4.89. The molecule has 2 aromatic heterocycles. The molecule has 10 heteroatoms. The molecule has 148 valence electrons. The number of hydrogen-bond donors (Lipinski definition) is 0. The molecule has 0 saturated carbocycles. The summed E-state index contributed by atoms with van der Waals surface area (Å²) in [6.07, 6.45) is 2.33. The number of carbonyl (C=O) groups excluding carboxylic acids is 1. The second kappa shape index (κ2) is 7.43. The van der Waals surface area contributed by atoms with E-state index in [1.807, 2.05) is 6.92 Å².